The fourth-order valence-electron chi connectivity index (χ4n) is 1.36. The molecule has 0 rings (SSSR count). The largest absolute Gasteiger partial charge is 0.465 e. The molecule has 1 unspecified atom stereocenters. The van der Waals surface area contributed by atoms with Crippen molar-refractivity contribution in [1.82, 2.24) is 10.6 Å². The van der Waals surface area contributed by atoms with Crippen molar-refractivity contribution in [2.45, 2.75) is 52.6 Å². The molecular formula is C12H24N2O3. The molecule has 1 amide bonds. The Morgan fingerprint density at radius 3 is 2.24 bits per heavy atom. The second-order valence-corrected chi connectivity index (χ2v) is 3.93. The Bertz CT molecular complexity index is 240. The van der Waals surface area contributed by atoms with Crippen LogP contribution < -0.4 is 10.6 Å². The van der Waals surface area contributed by atoms with E-state index in [0.717, 1.165) is 12.8 Å². The molecule has 2 N–H and O–H groups in total. The number of carbonyl (C=O) groups excluding carboxylic acids is 2. The number of ether oxygens (including phenoxy) is 1. The molecule has 0 aliphatic carbocycles. The van der Waals surface area contributed by atoms with Crippen molar-refractivity contribution in [3.63, 3.8) is 0 Å². The Balaban J connectivity index is 3.92. The molecule has 0 aromatic rings. The van der Waals surface area contributed by atoms with Crippen LogP contribution in [0.25, 0.3) is 0 Å². The molecular weight excluding hydrogens is 220 g/mol. The van der Waals surface area contributed by atoms with E-state index >= 15 is 0 Å². The standard InChI is InChI=1S/C12H24N2O3/c1-5-10(6-2)14-12(16)9(4)13-8-11(15)17-7-3/h9-10,13H,5-8H2,1-4H3,(H,14,16). The minimum absolute atomic E-state index is 0.0609. The van der Waals surface area contributed by atoms with Crippen LogP contribution in [0, 0.1) is 0 Å². The van der Waals surface area contributed by atoms with Gasteiger partial charge in [-0.05, 0) is 26.7 Å². The fourth-order valence-corrected chi connectivity index (χ4v) is 1.36. The van der Waals surface area contributed by atoms with Crippen molar-refractivity contribution in [3.8, 4) is 0 Å². The normalized spacial score (nSPS) is 12.3. The van der Waals surface area contributed by atoms with Gasteiger partial charge in [-0.1, -0.05) is 13.8 Å². The van der Waals surface area contributed by atoms with Gasteiger partial charge in [0.15, 0.2) is 0 Å². The van der Waals surface area contributed by atoms with E-state index in [4.69, 9.17) is 4.74 Å². The van der Waals surface area contributed by atoms with E-state index in [1.165, 1.54) is 0 Å². The SMILES string of the molecule is CCOC(=O)CNC(C)C(=O)NC(CC)CC. The van der Waals surface area contributed by atoms with Crippen LogP contribution in [0.15, 0.2) is 0 Å². The van der Waals surface area contributed by atoms with Crippen molar-refractivity contribution in [2.75, 3.05) is 13.2 Å². The number of rotatable bonds is 8. The zero-order valence-corrected chi connectivity index (χ0v) is 11.2. The highest BCUT2D eigenvalue weighted by molar-refractivity contribution is 5.82. The lowest BCUT2D eigenvalue weighted by molar-refractivity contribution is -0.142. The van der Waals surface area contributed by atoms with Crippen molar-refractivity contribution in [2.24, 2.45) is 0 Å². The van der Waals surface area contributed by atoms with E-state index in [0.29, 0.717) is 6.61 Å². The Labute approximate surface area is 103 Å². The van der Waals surface area contributed by atoms with Crippen molar-refractivity contribution >= 4 is 11.9 Å². The average molecular weight is 244 g/mol. The summed E-state index contributed by atoms with van der Waals surface area (Å²) in [5.74, 6) is -0.419. The van der Waals surface area contributed by atoms with Crippen LogP contribution in [0.2, 0.25) is 0 Å². The zero-order valence-electron chi connectivity index (χ0n) is 11.2. The van der Waals surface area contributed by atoms with Gasteiger partial charge in [0.2, 0.25) is 5.91 Å². The molecule has 0 saturated carbocycles. The highest BCUT2D eigenvalue weighted by atomic mass is 16.5. The highest BCUT2D eigenvalue weighted by Crippen LogP contribution is 1.96. The predicted octanol–water partition coefficient (Wildman–Crippen LogP) is 0.832. The summed E-state index contributed by atoms with van der Waals surface area (Å²) < 4.78 is 4.76. The second-order valence-electron chi connectivity index (χ2n) is 3.93. The fraction of sp³-hybridized carbons (Fsp3) is 0.833. The summed E-state index contributed by atoms with van der Waals surface area (Å²) in [6.45, 7) is 7.97. The van der Waals surface area contributed by atoms with E-state index in [9.17, 15) is 9.59 Å². The lowest BCUT2D eigenvalue weighted by atomic mass is 10.1. The first-order valence-corrected chi connectivity index (χ1v) is 6.24. The lowest BCUT2D eigenvalue weighted by Crippen LogP contribution is -2.47. The number of hydrogen-bond acceptors (Lipinski definition) is 4. The lowest BCUT2D eigenvalue weighted by Gasteiger charge is -2.19. The Hall–Kier alpha value is -1.10. The van der Waals surface area contributed by atoms with Gasteiger partial charge in [-0.2, -0.15) is 0 Å². The molecule has 5 nitrogen and oxygen atoms in total. The maximum absolute atomic E-state index is 11.7. The third-order valence-corrected chi connectivity index (χ3v) is 2.58. The molecule has 0 fully saturated rings. The number of hydrogen-bond donors (Lipinski definition) is 2. The van der Waals surface area contributed by atoms with Gasteiger partial charge < -0.3 is 10.1 Å². The quantitative estimate of drug-likeness (QED) is 0.621. The molecule has 0 radical (unpaired) electrons. The first-order valence-electron chi connectivity index (χ1n) is 6.24. The van der Waals surface area contributed by atoms with Crippen molar-refractivity contribution < 1.29 is 14.3 Å². The zero-order chi connectivity index (χ0) is 13.3. The van der Waals surface area contributed by atoms with Crippen LogP contribution in [-0.4, -0.2) is 37.1 Å². The maximum atomic E-state index is 11.7. The second kappa shape index (κ2) is 8.98. The van der Waals surface area contributed by atoms with Gasteiger partial charge >= 0.3 is 5.97 Å². The van der Waals surface area contributed by atoms with Crippen LogP contribution in [0.3, 0.4) is 0 Å². The minimum Gasteiger partial charge on any atom is -0.465 e. The number of amides is 1. The number of carbonyl (C=O) groups is 2. The van der Waals surface area contributed by atoms with Gasteiger partial charge in [-0.15, -0.1) is 0 Å². The van der Waals surface area contributed by atoms with Crippen molar-refractivity contribution in [1.29, 1.82) is 0 Å². The Kier molecular flexibility index (Phi) is 8.40. The van der Waals surface area contributed by atoms with Gasteiger partial charge in [0, 0.05) is 6.04 Å². The van der Waals surface area contributed by atoms with Gasteiger partial charge in [0.25, 0.3) is 0 Å². The third-order valence-electron chi connectivity index (χ3n) is 2.58. The first kappa shape index (κ1) is 15.9. The summed E-state index contributed by atoms with van der Waals surface area (Å²) in [7, 11) is 0. The molecule has 0 aliphatic heterocycles. The molecule has 0 saturated heterocycles. The Morgan fingerprint density at radius 1 is 1.18 bits per heavy atom. The topological polar surface area (TPSA) is 67.4 Å². The summed E-state index contributed by atoms with van der Waals surface area (Å²) in [4.78, 5) is 22.8. The van der Waals surface area contributed by atoms with Crippen LogP contribution >= 0.6 is 0 Å². The Morgan fingerprint density at radius 2 is 1.76 bits per heavy atom. The van der Waals surface area contributed by atoms with E-state index in [1.807, 2.05) is 13.8 Å². The molecule has 0 bridgehead atoms. The predicted molar refractivity (Wildman–Crippen MR) is 66.6 cm³/mol. The van der Waals surface area contributed by atoms with Gasteiger partial charge in [-0.25, -0.2) is 0 Å². The molecule has 0 aliphatic rings. The molecule has 0 aromatic carbocycles. The molecule has 17 heavy (non-hydrogen) atoms. The van der Waals surface area contributed by atoms with Gasteiger partial charge in [0.1, 0.15) is 0 Å². The minimum atomic E-state index is -0.389. The molecule has 0 heterocycles. The van der Waals surface area contributed by atoms with Crippen LogP contribution in [0.4, 0.5) is 0 Å². The van der Waals surface area contributed by atoms with E-state index in [2.05, 4.69) is 10.6 Å². The molecule has 0 aromatic heterocycles. The van der Waals surface area contributed by atoms with E-state index < -0.39 is 0 Å². The third kappa shape index (κ3) is 6.94. The van der Waals surface area contributed by atoms with E-state index in [1.54, 1.807) is 13.8 Å². The molecule has 1 atom stereocenters. The summed E-state index contributed by atoms with van der Waals surface area (Å²) in [6.07, 6.45) is 1.82. The highest BCUT2D eigenvalue weighted by Gasteiger charge is 2.16. The average Bonchev–Trinajstić information content (AvgIpc) is 2.32. The summed E-state index contributed by atoms with van der Waals surface area (Å²) >= 11 is 0. The summed E-state index contributed by atoms with van der Waals surface area (Å²) in [5, 5.41) is 5.75. The molecule has 100 valence electrons. The number of nitrogens with one attached hydrogen (secondary N) is 2. The monoisotopic (exact) mass is 244 g/mol. The smallest absolute Gasteiger partial charge is 0.319 e. The first-order chi connectivity index (χ1) is 8.04. The van der Waals surface area contributed by atoms with Gasteiger partial charge in [-0.3, -0.25) is 14.9 Å². The number of esters is 1. The summed E-state index contributed by atoms with van der Waals surface area (Å²) in [5.41, 5.74) is 0. The summed E-state index contributed by atoms with van der Waals surface area (Å²) in [6, 6.07) is -0.186. The van der Waals surface area contributed by atoms with Crippen LogP contribution in [0.1, 0.15) is 40.5 Å². The molecule has 0 spiro atoms. The van der Waals surface area contributed by atoms with Crippen LogP contribution in [0.5, 0.6) is 0 Å². The van der Waals surface area contributed by atoms with Gasteiger partial charge in [0.05, 0.1) is 19.2 Å². The maximum Gasteiger partial charge on any atom is 0.319 e. The van der Waals surface area contributed by atoms with Crippen molar-refractivity contribution in [3.05, 3.63) is 0 Å². The van der Waals surface area contributed by atoms with Crippen LogP contribution in [-0.2, 0) is 14.3 Å². The van der Waals surface area contributed by atoms with E-state index in [-0.39, 0.29) is 30.5 Å². The molecule has 5 heteroatoms.